The number of fused-ring (bicyclic) bond motifs is 8. The van der Waals surface area contributed by atoms with Crippen LogP contribution in [0.15, 0.2) is 168 Å². The predicted molar refractivity (Wildman–Crippen MR) is 217 cm³/mol. The van der Waals surface area contributed by atoms with Crippen LogP contribution in [0.5, 0.6) is 0 Å². The molecule has 0 atom stereocenters. The summed E-state index contributed by atoms with van der Waals surface area (Å²) in [5.41, 5.74) is 11.5. The standard InChI is InChI=1S/C48H33N3O/c1-3-30(2)48-49-40(32-15-5-4-6-16-32)29-44(50-48)51-41-27-26-31-14-7-8-19-35(31)45(41)39-23-12-22-37(47(39)51)34-18-11-17-33(28-34)36-21-13-25-43-46(36)38-20-9-10-24-42(38)52-43/h3-29H,1-2H3/b30-3+. The number of nitrogens with zero attached hydrogens (tertiary/aromatic N) is 3. The molecule has 0 aliphatic rings. The van der Waals surface area contributed by atoms with E-state index in [1.165, 1.54) is 21.5 Å². The Kier molecular flexibility index (Phi) is 6.90. The highest BCUT2D eigenvalue weighted by atomic mass is 16.3. The van der Waals surface area contributed by atoms with Crippen LogP contribution in [0.25, 0.3) is 99.4 Å². The van der Waals surface area contributed by atoms with Crippen molar-refractivity contribution in [2.75, 3.05) is 0 Å². The third-order valence-electron chi connectivity index (χ3n) is 10.4. The fourth-order valence-electron chi connectivity index (χ4n) is 7.79. The van der Waals surface area contributed by atoms with Crippen LogP contribution in [0.4, 0.5) is 0 Å². The molecule has 0 aliphatic heterocycles. The summed E-state index contributed by atoms with van der Waals surface area (Å²) >= 11 is 0. The Labute approximate surface area is 300 Å². The van der Waals surface area contributed by atoms with Crippen molar-refractivity contribution in [2.24, 2.45) is 0 Å². The molecule has 0 bridgehead atoms. The quantitative estimate of drug-likeness (QED) is 0.183. The average molecular weight is 668 g/mol. The van der Waals surface area contributed by atoms with Gasteiger partial charge in [0.15, 0.2) is 5.82 Å². The molecule has 0 fully saturated rings. The number of benzene rings is 7. The fraction of sp³-hybridized carbons (Fsp3) is 0.0417. The second-order valence-electron chi connectivity index (χ2n) is 13.3. The summed E-state index contributed by atoms with van der Waals surface area (Å²) in [5, 5.41) is 7.08. The van der Waals surface area contributed by atoms with E-state index in [9.17, 15) is 0 Å². The van der Waals surface area contributed by atoms with Gasteiger partial charge in [-0.05, 0) is 71.1 Å². The van der Waals surface area contributed by atoms with E-state index in [-0.39, 0.29) is 0 Å². The number of furan rings is 1. The summed E-state index contributed by atoms with van der Waals surface area (Å²) in [6.07, 6.45) is 2.08. The molecule has 0 saturated heterocycles. The largest absolute Gasteiger partial charge is 0.456 e. The molecular weight excluding hydrogens is 635 g/mol. The minimum Gasteiger partial charge on any atom is -0.456 e. The maximum atomic E-state index is 6.28. The zero-order chi connectivity index (χ0) is 34.8. The van der Waals surface area contributed by atoms with Gasteiger partial charge in [-0.25, -0.2) is 9.97 Å². The van der Waals surface area contributed by atoms with E-state index in [0.29, 0.717) is 0 Å². The maximum absolute atomic E-state index is 6.28. The van der Waals surface area contributed by atoms with Crippen LogP contribution in [-0.2, 0) is 0 Å². The number of hydrogen-bond donors (Lipinski definition) is 0. The van der Waals surface area contributed by atoms with Gasteiger partial charge in [-0.15, -0.1) is 0 Å². The normalized spacial score (nSPS) is 12.2. The van der Waals surface area contributed by atoms with Crippen LogP contribution in [0.1, 0.15) is 19.7 Å². The third-order valence-corrected chi connectivity index (χ3v) is 10.4. The Morgan fingerprint density at radius 1 is 0.558 bits per heavy atom. The van der Waals surface area contributed by atoms with Gasteiger partial charge in [-0.2, -0.15) is 0 Å². The van der Waals surface area contributed by atoms with Crippen molar-refractivity contribution in [3.8, 4) is 39.3 Å². The minimum absolute atomic E-state index is 0.717. The van der Waals surface area contributed by atoms with Crippen LogP contribution in [0, 0.1) is 0 Å². The molecular formula is C48H33N3O. The first-order chi connectivity index (χ1) is 25.7. The van der Waals surface area contributed by atoms with Crippen molar-refractivity contribution in [2.45, 2.75) is 13.8 Å². The summed E-state index contributed by atoms with van der Waals surface area (Å²) in [6.45, 7) is 4.12. The second-order valence-corrected chi connectivity index (χ2v) is 13.3. The molecule has 7 aromatic carbocycles. The van der Waals surface area contributed by atoms with Gasteiger partial charge in [-0.3, -0.25) is 4.57 Å². The van der Waals surface area contributed by atoms with E-state index < -0.39 is 0 Å². The van der Waals surface area contributed by atoms with E-state index in [0.717, 1.165) is 83.7 Å². The van der Waals surface area contributed by atoms with E-state index in [4.69, 9.17) is 14.4 Å². The van der Waals surface area contributed by atoms with Gasteiger partial charge in [0, 0.05) is 38.7 Å². The lowest BCUT2D eigenvalue weighted by molar-refractivity contribution is 0.669. The fourth-order valence-corrected chi connectivity index (χ4v) is 7.79. The van der Waals surface area contributed by atoms with E-state index in [1.807, 2.05) is 25.1 Å². The molecule has 4 nitrogen and oxygen atoms in total. The lowest BCUT2D eigenvalue weighted by atomic mass is 9.95. The van der Waals surface area contributed by atoms with Gasteiger partial charge in [0.25, 0.3) is 0 Å². The highest BCUT2D eigenvalue weighted by molar-refractivity contribution is 6.23. The molecule has 0 N–H and O–H groups in total. The van der Waals surface area contributed by atoms with Crippen LogP contribution in [-0.4, -0.2) is 14.5 Å². The second kappa shape index (κ2) is 11.9. The van der Waals surface area contributed by atoms with Gasteiger partial charge in [0.05, 0.1) is 16.7 Å². The Morgan fingerprint density at radius 2 is 1.23 bits per heavy atom. The SMILES string of the molecule is C/C=C(\C)c1nc(-c2ccccc2)cc(-n2c3ccc4ccccc4c3c3cccc(-c4cccc(-c5cccc6oc7ccccc7c56)c4)c32)n1. The molecule has 246 valence electrons. The highest BCUT2D eigenvalue weighted by Gasteiger charge is 2.21. The molecule has 3 aromatic heterocycles. The third kappa shape index (κ3) is 4.69. The summed E-state index contributed by atoms with van der Waals surface area (Å²) in [4.78, 5) is 10.3. The molecule has 0 spiro atoms. The van der Waals surface area contributed by atoms with E-state index in [1.54, 1.807) is 0 Å². The van der Waals surface area contributed by atoms with Gasteiger partial charge in [0.1, 0.15) is 17.0 Å². The molecule has 0 unspecified atom stereocenters. The molecule has 0 radical (unpaired) electrons. The Hall–Kier alpha value is -6.78. The van der Waals surface area contributed by atoms with Gasteiger partial charge < -0.3 is 4.42 Å². The highest BCUT2D eigenvalue weighted by Crippen LogP contribution is 2.43. The van der Waals surface area contributed by atoms with E-state index >= 15 is 0 Å². The first-order valence-electron chi connectivity index (χ1n) is 17.7. The first kappa shape index (κ1) is 30.1. The van der Waals surface area contributed by atoms with E-state index in [2.05, 4.69) is 157 Å². The van der Waals surface area contributed by atoms with Crippen LogP contribution >= 0.6 is 0 Å². The molecule has 52 heavy (non-hydrogen) atoms. The van der Waals surface area contributed by atoms with Gasteiger partial charge in [-0.1, -0.05) is 133 Å². The summed E-state index contributed by atoms with van der Waals surface area (Å²) in [5.74, 6) is 1.55. The number of hydrogen-bond acceptors (Lipinski definition) is 3. The summed E-state index contributed by atoms with van der Waals surface area (Å²) in [6, 6.07) is 55.8. The van der Waals surface area contributed by atoms with Crippen molar-refractivity contribution in [3.05, 3.63) is 170 Å². The van der Waals surface area contributed by atoms with Gasteiger partial charge >= 0.3 is 0 Å². The zero-order valence-electron chi connectivity index (χ0n) is 28.8. The number of aromatic nitrogens is 3. The monoisotopic (exact) mass is 667 g/mol. The van der Waals surface area contributed by atoms with Crippen LogP contribution < -0.4 is 0 Å². The van der Waals surface area contributed by atoms with Crippen molar-refractivity contribution >= 4 is 60.1 Å². The Morgan fingerprint density at radius 3 is 2.10 bits per heavy atom. The number of rotatable bonds is 5. The molecule has 10 rings (SSSR count). The first-order valence-corrected chi connectivity index (χ1v) is 17.7. The Bertz CT molecular complexity index is 3040. The smallest absolute Gasteiger partial charge is 0.157 e. The molecule has 0 aliphatic carbocycles. The summed E-state index contributed by atoms with van der Waals surface area (Å²) < 4.78 is 8.63. The maximum Gasteiger partial charge on any atom is 0.157 e. The predicted octanol–water partition coefficient (Wildman–Crippen LogP) is 13.1. The molecule has 10 aromatic rings. The molecule has 0 amide bonds. The van der Waals surface area contributed by atoms with Crippen LogP contribution in [0.2, 0.25) is 0 Å². The topological polar surface area (TPSA) is 43.9 Å². The van der Waals surface area contributed by atoms with Crippen molar-refractivity contribution in [1.82, 2.24) is 14.5 Å². The van der Waals surface area contributed by atoms with Crippen molar-refractivity contribution in [1.29, 1.82) is 0 Å². The average Bonchev–Trinajstić information content (AvgIpc) is 3.77. The number of para-hydroxylation sites is 2. The minimum atomic E-state index is 0.717. The zero-order valence-corrected chi connectivity index (χ0v) is 28.8. The molecule has 0 saturated carbocycles. The van der Waals surface area contributed by atoms with Gasteiger partial charge in [0.2, 0.25) is 0 Å². The Balaban J connectivity index is 1.29. The van der Waals surface area contributed by atoms with Crippen molar-refractivity contribution in [3.63, 3.8) is 0 Å². The lowest BCUT2D eigenvalue weighted by Crippen LogP contribution is -2.04. The van der Waals surface area contributed by atoms with Crippen molar-refractivity contribution < 1.29 is 4.42 Å². The molecule has 4 heteroatoms. The number of allylic oxidation sites excluding steroid dienone is 2. The lowest BCUT2D eigenvalue weighted by Gasteiger charge is -2.14. The summed E-state index contributed by atoms with van der Waals surface area (Å²) in [7, 11) is 0. The van der Waals surface area contributed by atoms with Crippen LogP contribution in [0.3, 0.4) is 0 Å². The molecule has 3 heterocycles.